The third-order valence-corrected chi connectivity index (χ3v) is 2.86. The van der Waals surface area contributed by atoms with Crippen LogP contribution in [-0.4, -0.2) is 0 Å². The SMILES string of the molecule is N#CCc1ccc(NCc2ccccc2C#N)cc1. The molecule has 1 N–H and O–H groups in total. The standard InChI is InChI=1S/C16H13N3/c17-10-9-13-5-7-16(8-6-13)19-12-15-4-2-1-3-14(15)11-18/h1-8,19H,9,12H2. The third-order valence-electron chi connectivity index (χ3n) is 2.86. The summed E-state index contributed by atoms with van der Waals surface area (Å²) in [6, 6.07) is 19.6. The van der Waals surface area contributed by atoms with Crippen LogP contribution in [0.2, 0.25) is 0 Å². The Hall–Kier alpha value is -2.78. The molecule has 2 rings (SSSR count). The van der Waals surface area contributed by atoms with Crippen LogP contribution in [0.15, 0.2) is 48.5 Å². The molecule has 0 radical (unpaired) electrons. The zero-order valence-corrected chi connectivity index (χ0v) is 10.4. The van der Waals surface area contributed by atoms with Gasteiger partial charge in [0.2, 0.25) is 0 Å². The molecule has 0 fully saturated rings. The van der Waals surface area contributed by atoms with Gasteiger partial charge in [-0.1, -0.05) is 30.3 Å². The fraction of sp³-hybridized carbons (Fsp3) is 0.125. The van der Waals surface area contributed by atoms with Crippen molar-refractivity contribution >= 4 is 5.69 Å². The molecule has 0 unspecified atom stereocenters. The van der Waals surface area contributed by atoms with E-state index in [2.05, 4.69) is 17.5 Å². The van der Waals surface area contributed by atoms with Crippen LogP contribution in [0.5, 0.6) is 0 Å². The summed E-state index contributed by atoms with van der Waals surface area (Å²) in [5.41, 5.74) is 3.65. The van der Waals surface area contributed by atoms with E-state index in [1.807, 2.05) is 48.5 Å². The summed E-state index contributed by atoms with van der Waals surface area (Å²) >= 11 is 0. The molecule has 0 saturated heterocycles. The van der Waals surface area contributed by atoms with Gasteiger partial charge in [0.05, 0.1) is 24.1 Å². The lowest BCUT2D eigenvalue weighted by molar-refractivity contribution is 1.13. The molecular formula is C16H13N3. The van der Waals surface area contributed by atoms with Crippen molar-refractivity contribution in [3.63, 3.8) is 0 Å². The van der Waals surface area contributed by atoms with Crippen LogP contribution in [0.25, 0.3) is 0 Å². The van der Waals surface area contributed by atoms with Gasteiger partial charge in [-0.15, -0.1) is 0 Å². The first-order chi connectivity index (χ1) is 9.33. The monoisotopic (exact) mass is 247 g/mol. The number of nitrogens with one attached hydrogen (secondary N) is 1. The number of nitriles is 2. The van der Waals surface area contributed by atoms with Crippen molar-refractivity contribution in [2.75, 3.05) is 5.32 Å². The Labute approximate surface area is 112 Å². The number of hydrogen-bond acceptors (Lipinski definition) is 3. The Kier molecular flexibility index (Phi) is 4.16. The number of hydrogen-bond donors (Lipinski definition) is 1. The molecule has 19 heavy (non-hydrogen) atoms. The zero-order valence-electron chi connectivity index (χ0n) is 10.4. The van der Waals surface area contributed by atoms with E-state index in [4.69, 9.17) is 10.5 Å². The third kappa shape index (κ3) is 3.34. The second kappa shape index (κ2) is 6.23. The predicted molar refractivity (Wildman–Crippen MR) is 74.2 cm³/mol. The largest absolute Gasteiger partial charge is 0.381 e. The van der Waals surface area contributed by atoms with E-state index in [9.17, 15) is 0 Å². The molecule has 2 aromatic carbocycles. The summed E-state index contributed by atoms with van der Waals surface area (Å²) < 4.78 is 0. The Morgan fingerprint density at radius 1 is 0.947 bits per heavy atom. The van der Waals surface area contributed by atoms with Crippen molar-refractivity contribution in [1.29, 1.82) is 10.5 Å². The van der Waals surface area contributed by atoms with Crippen molar-refractivity contribution in [2.24, 2.45) is 0 Å². The highest BCUT2D eigenvalue weighted by molar-refractivity contribution is 5.47. The summed E-state index contributed by atoms with van der Waals surface area (Å²) in [5.74, 6) is 0. The van der Waals surface area contributed by atoms with Gasteiger partial charge in [-0.2, -0.15) is 10.5 Å². The molecule has 92 valence electrons. The molecule has 0 aliphatic carbocycles. The summed E-state index contributed by atoms with van der Waals surface area (Å²) in [6.07, 6.45) is 0.428. The minimum absolute atomic E-state index is 0.428. The Bertz CT molecular complexity index is 630. The maximum absolute atomic E-state index is 9.00. The maximum atomic E-state index is 9.00. The van der Waals surface area contributed by atoms with Gasteiger partial charge in [0.15, 0.2) is 0 Å². The Morgan fingerprint density at radius 3 is 2.37 bits per heavy atom. The molecule has 0 bridgehead atoms. The van der Waals surface area contributed by atoms with E-state index in [1.54, 1.807) is 0 Å². The van der Waals surface area contributed by atoms with Crippen molar-refractivity contribution < 1.29 is 0 Å². The molecule has 0 heterocycles. The minimum Gasteiger partial charge on any atom is -0.381 e. The zero-order chi connectivity index (χ0) is 13.5. The van der Waals surface area contributed by atoms with E-state index in [0.717, 1.165) is 16.8 Å². The summed E-state index contributed by atoms with van der Waals surface area (Å²) in [7, 11) is 0. The first-order valence-electron chi connectivity index (χ1n) is 6.01. The second-order valence-electron chi connectivity index (χ2n) is 4.15. The molecule has 0 aromatic heterocycles. The van der Waals surface area contributed by atoms with E-state index >= 15 is 0 Å². The summed E-state index contributed by atoms with van der Waals surface area (Å²) in [4.78, 5) is 0. The van der Waals surface area contributed by atoms with Crippen LogP contribution < -0.4 is 5.32 Å². The van der Waals surface area contributed by atoms with Gasteiger partial charge in [-0.25, -0.2) is 0 Å². The lowest BCUT2D eigenvalue weighted by Crippen LogP contribution is -2.01. The van der Waals surface area contributed by atoms with Crippen molar-refractivity contribution in [3.8, 4) is 12.1 Å². The van der Waals surface area contributed by atoms with Gasteiger partial charge in [0, 0.05) is 12.2 Å². The first kappa shape index (κ1) is 12.7. The fourth-order valence-electron chi connectivity index (χ4n) is 1.81. The molecule has 0 atom stereocenters. The van der Waals surface area contributed by atoms with E-state index in [-0.39, 0.29) is 0 Å². The van der Waals surface area contributed by atoms with Crippen LogP contribution >= 0.6 is 0 Å². The van der Waals surface area contributed by atoms with Gasteiger partial charge < -0.3 is 5.32 Å². The molecule has 0 amide bonds. The first-order valence-corrected chi connectivity index (χ1v) is 6.01. The molecule has 0 aliphatic rings. The van der Waals surface area contributed by atoms with Crippen LogP contribution in [0.1, 0.15) is 16.7 Å². The molecule has 2 aromatic rings. The highest BCUT2D eigenvalue weighted by Gasteiger charge is 2.00. The molecule has 3 nitrogen and oxygen atoms in total. The van der Waals surface area contributed by atoms with Crippen molar-refractivity contribution in [1.82, 2.24) is 0 Å². The number of rotatable bonds is 4. The number of anilines is 1. The predicted octanol–water partition coefficient (Wildman–Crippen LogP) is 3.24. The van der Waals surface area contributed by atoms with Gasteiger partial charge in [-0.3, -0.25) is 0 Å². The normalized spacial score (nSPS) is 9.37. The maximum Gasteiger partial charge on any atom is 0.0995 e. The Morgan fingerprint density at radius 2 is 1.68 bits per heavy atom. The van der Waals surface area contributed by atoms with Gasteiger partial charge >= 0.3 is 0 Å². The molecule has 3 heteroatoms. The van der Waals surface area contributed by atoms with Crippen molar-refractivity contribution in [2.45, 2.75) is 13.0 Å². The average Bonchev–Trinajstić information content (AvgIpc) is 2.47. The molecular weight excluding hydrogens is 234 g/mol. The molecule has 0 spiro atoms. The van der Waals surface area contributed by atoms with Crippen molar-refractivity contribution in [3.05, 3.63) is 65.2 Å². The highest BCUT2D eigenvalue weighted by atomic mass is 14.9. The van der Waals surface area contributed by atoms with E-state index < -0.39 is 0 Å². The van der Waals surface area contributed by atoms with Crippen LogP contribution in [0.4, 0.5) is 5.69 Å². The topological polar surface area (TPSA) is 59.6 Å². The summed E-state index contributed by atoms with van der Waals surface area (Å²) in [6.45, 7) is 0.612. The van der Waals surface area contributed by atoms with E-state index in [1.165, 1.54) is 0 Å². The second-order valence-corrected chi connectivity index (χ2v) is 4.15. The highest BCUT2D eigenvalue weighted by Crippen LogP contribution is 2.13. The number of nitrogens with zero attached hydrogens (tertiary/aromatic N) is 2. The lowest BCUT2D eigenvalue weighted by Gasteiger charge is -2.08. The van der Waals surface area contributed by atoms with Crippen LogP contribution in [-0.2, 0) is 13.0 Å². The Balaban J connectivity index is 2.03. The van der Waals surface area contributed by atoms with Gasteiger partial charge in [0.1, 0.15) is 0 Å². The summed E-state index contributed by atoms with van der Waals surface area (Å²) in [5, 5.41) is 20.9. The van der Waals surface area contributed by atoms with E-state index in [0.29, 0.717) is 18.5 Å². The minimum atomic E-state index is 0.428. The van der Waals surface area contributed by atoms with Gasteiger partial charge in [0.25, 0.3) is 0 Å². The quantitative estimate of drug-likeness (QED) is 0.902. The van der Waals surface area contributed by atoms with Gasteiger partial charge in [-0.05, 0) is 29.3 Å². The smallest absolute Gasteiger partial charge is 0.0995 e. The lowest BCUT2D eigenvalue weighted by atomic mass is 10.1. The van der Waals surface area contributed by atoms with Crippen LogP contribution in [0, 0.1) is 22.7 Å². The van der Waals surface area contributed by atoms with Crippen LogP contribution in [0.3, 0.4) is 0 Å². The molecule has 0 saturated carbocycles. The average molecular weight is 247 g/mol. The molecule has 0 aliphatic heterocycles. The fourth-order valence-corrected chi connectivity index (χ4v) is 1.81. The number of benzene rings is 2.